The number of anilines is 1. The van der Waals surface area contributed by atoms with Crippen LogP contribution in [-0.2, 0) is 6.54 Å². The SMILES string of the molecule is CCCCCn1c(-c2ccc(C(=O)Nc3ccccc3)cc2)cc(=O)n2cc(-c3ccc(Cl)cc3)nc12. The number of nitrogens with zero attached hydrogens (tertiary/aromatic N) is 3. The van der Waals surface area contributed by atoms with Gasteiger partial charge in [0.25, 0.3) is 11.5 Å². The Morgan fingerprint density at radius 2 is 1.62 bits per heavy atom. The lowest BCUT2D eigenvalue weighted by atomic mass is 10.1. The molecule has 6 nitrogen and oxygen atoms in total. The lowest BCUT2D eigenvalue weighted by molar-refractivity contribution is 0.102. The largest absolute Gasteiger partial charge is 0.322 e. The van der Waals surface area contributed by atoms with Gasteiger partial charge in [0.1, 0.15) is 0 Å². The highest BCUT2D eigenvalue weighted by atomic mass is 35.5. The number of carbonyl (C=O) groups excluding carboxylic acids is 1. The first-order valence-corrected chi connectivity index (χ1v) is 12.8. The number of aryl methyl sites for hydroxylation is 1. The van der Waals surface area contributed by atoms with Crippen LogP contribution in [-0.4, -0.2) is 19.9 Å². The quantitative estimate of drug-likeness (QED) is 0.230. The van der Waals surface area contributed by atoms with Crippen molar-refractivity contribution in [2.24, 2.45) is 0 Å². The minimum atomic E-state index is -0.186. The molecule has 7 heteroatoms. The number of halogens is 1. The topological polar surface area (TPSA) is 68.4 Å². The first-order valence-electron chi connectivity index (χ1n) is 12.4. The van der Waals surface area contributed by atoms with Crippen molar-refractivity contribution in [1.29, 1.82) is 0 Å². The van der Waals surface area contributed by atoms with E-state index >= 15 is 0 Å². The van der Waals surface area contributed by atoms with Crippen LogP contribution in [0.2, 0.25) is 5.02 Å². The number of hydrogen-bond donors (Lipinski definition) is 1. The van der Waals surface area contributed by atoms with Crippen molar-refractivity contribution in [3.8, 4) is 22.5 Å². The van der Waals surface area contributed by atoms with E-state index < -0.39 is 0 Å². The predicted octanol–water partition coefficient (Wildman–Crippen LogP) is 6.93. The van der Waals surface area contributed by atoms with Crippen molar-refractivity contribution < 1.29 is 4.79 Å². The van der Waals surface area contributed by atoms with Gasteiger partial charge in [-0.2, -0.15) is 0 Å². The number of aromatic nitrogens is 3. The standard InChI is InChI=1S/C30H27ClN4O2/c1-2-3-7-18-34-27(22-10-12-23(13-11-22)29(37)32-25-8-5-4-6-9-25)19-28(36)35-20-26(33-30(34)35)21-14-16-24(31)17-15-21/h4-6,8-17,19-20H,2-3,7,18H2,1H3,(H,32,37). The van der Waals surface area contributed by atoms with Gasteiger partial charge < -0.3 is 9.88 Å². The summed E-state index contributed by atoms with van der Waals surface area (Å²) in [4.78, 5) is 30.7. The van der Waals surface area contributed by atoms with Crippen LogP contribution in [0.4, 0.5) is 5.69 Å². The number of fused-ring (bicyclic) bond motifs is 1. The second kappa shape index (κ2) is 10.8. The number of hydrogen-bond acceptors (Lipinski definition) is 3. The summed E-state index contributed by atoms with van der Waals surface area (Å²) in [5, 5.41) is 3.55. The van der Waals surface area contributed by atoms with E-state index in [1.54, 1.807) is 28.8 Å². The van der Waals surface area contributed by atoms with Crippen LogP contribution in [0.1, 0.15) is 36.5 Å². The zero-order valence-corrected chi connectivity index (χ0v) is 21.3. The Bertz CT molecular complexity index is 1590. The zero-order chi connectivity index (χ0) is 25.8. The van der Waals surface area contributed by atoms with Crippen LogP contribution in [0, 0.1) is 0 Å². The molecule has 37 heavy (non-hydrogen) atoms. The van der Waals surface area contributed by atoms with Crippen LogP contribution in [0.15, 0.2) is 95.9 Å². The highest BCUT2D eigenvalue weighted by Crippen LogP contribution is 2.25. The van der Waals surface area contributed by atoms with E-state index in [9.17, 15) is 9.59 Å². The molecule has 0 fully saturated rings. The van der Waals surface area contributed by atoms with Crippen molar-refractivity contribution in [2.75, 3.05) is 5.32 Å². The Kier molecular flexibility index (Phi) is 7.19. The molecule has 0 spiro atoms. The van der Waals surface area contributed by atoms with Crippen LogP contribution in [0.25, 0.3) is 28.3 Å². The Morgan fingerprint density at radius 3 is 2.32 bits per heavy atom. The van der Waals surface area contributed by atoms with E-state index in [-0.39, 0.29) is 11.5 Å². The highest BCUT2D eigenvalue weighted by molar-refractivity contribution is 6.30. The van der Waals surface area contributed by atoms with Crippen LogP contribution in [0.5, 0.6) is 0 Å². The molecule has 0 bridgehead atoms. The van der Waals surface area contributed by atoms with E-state index in [0.717, 1.165) is 48.3 Å². The normalized spacial score (nSPS) is 11.1. The number of imidazole rings is 1. The lowest BCUT2D eigenvalue weighted by Gasteiger charge is -2.15. The Morgan fingerprint density at radius 1 is 0.919 bits per heavy atom. The van der Waals surface area contributed by atoms with Crippen molar-refractivity contribution in [1.82, 2.24) is 14.0 Å². The monoisotopic (exact) mass is 510 g/mol. The van der Waals surface area contributed by atoms with Gasteiger partial charge in [0.2, 0.25) is 5.78 Å². The number of benzene rings is 3. The van der Waals surface area contributed by atoms with Crippen molar-refractivity contribution >= 4 is 29.0 Å². The van der Waals surface area contributed by atoms with E-state index in [2.05, 4.69) is 16.8 Å². The summed E-state index contributed by atoms with van der Waals surface area (Å²) in [7, 11) is 0. The van der Waals surface area contributed by atoms with E-state index in [1.807, 2.05) is 66.7 Å². The molecule has 0 saturated heterocycles. The molecule has 1 N–H and O–H groups in total. The number of rotatable bonds is 8. The third-order valence-corrected chi connectivity index (χ3v) is 6.57. The van der Waals surface area contributed by atoms with Gasteiger partial charge in [0.05, 0.1) is 11.4 Å². The average molecular weight is 511 g/mol. The molecule has 0 saturated carbocycles. The molecule has 0 aliphatic rings. The number of carbonyl (C=O) groups is 1. The molecule has 2 aromatic heterocycles. The summed E-state index contributed by atoms with van der Waals surface area (Å²) in [5.74, 6) is 0.406. The molecule has 186 valence electrons. The van der Waals surface area contributed by atoms with Gasteiger partial charge in [-0.3, -0.25) is 14.0 Å². The number of amides is 1. The van der Waals surface area contributed by atoms with Crippen LogP contribution in [0.3, 0.4) is 0 Å². The van der Waals surface area contributed by atoms with E-state index in [1.165, 1.54) is 0 Å². The van der Waals surface area contributed by atoms with E-state index in [0.29, 0.717) is 22.1 Å². The average Bonchev–Trinajstić information content (AvgIpc) is 3.37. The molecular formula is C30H27ClN4O2. The fourth-order valence-electron chi connectivity index (χ4n) is 4.35. The summed E-state index contributed by atoms with van der Waals surface area (Å²) in [6.45, 7) is 2.88. The van der Waals surface area contributed by atoms with Gasteiger partial charge in [-0.1, -0.05) is 73.8 Å². The van der Waals surface area contributed by atoms with Crippen molar-refractivity contribution in [2.45, 2.75) is 32.7 Å². The summed E-state index contributed by atoms with van der Waals surface area (Å²) in [6, 6.07) is 25.7. The van der Waals surface area contributed by atoms with Gasteiger partial charge >= 0.3 is 0 Å². The van der Waals surface area contributed by atoms with Gasteiger partial charge in [-0.25, -0.2) is 4.98 Å². The minimum absolute atomic E-state index is 0.157. The molecule has 0 aliphatic heterocycles. The minimum Gasteiger partial charge on any atom is -0.322 e. The lowest BCUT2D eigenvalue weighted by Crippen LogP contribution is -2.19. The molecular weight excluding hydrogens is 484 g/mol. The predicted molar refractivity (Wildman–Crippen MR) is 149 cm³/mol. The molecule has 2 heterocycles. The first kappa shape index (κ1) is 24.5. The molecule has 5 rings (SSSR count). The molecule has 0 radical (unpaired) electrons. The number of para-hydroxylation sites is 1. The van der Waals surface area contributed by atoms with Crippen LogP contribution < -0.4 is 10.9 Å². The highest BCUT2D eigenvalue weighted by Gasteiger charge is 2.16. The third kappa shape index (κ3) is 5.34. The summed E-state index contributed by atoms with van der Waals surface area (Å²) >= 11 is 6.05. The second-order valence-corrected chi connectivity index (χ2v) is 9.36. The molecule has 5 aromatic rings. The Hall–Kier alpha value is -4.16. The molecule has 3 aromatic carbocycles. The molecule has 0 atom stereocenters. The zero-order valence-electron chi connectivity index (χ0n) is 20.5. The molecule has 1 amide bonds. The number of unbranched alkanes of at least 4 members (excludes halogenated alkanes) is 2. The fraction of sp³-hybridized carbons (Fsp3) is 0.167. The van der Waals surface area contributed by atoms with Gasteiger partial charge in [0.15, 0.2) is 0 Å². The number of nitrogens with one attached hydrogen (secondary N) is 1. The van der Waals surface area contributed by atoms with Crippen molar-refractivity contribution in [3.05, 3.63) is 112 Å². The third-order valence-electron chi connectivity index (χ3n) is 6.32. The summed E-state index contributed by atoms with van der Waals surface area (Å²) in [5.41, 5.74) is 4.35. The summed E-state index contributed by atoms with van der Waals surface area (Å²) in [6.07, 6.45) is 4.89. The maximum Gasteiger partial charge on any atom is 0.259 e. The fourth-order valence-corrected chi connectivity index (χ4v) is 4.48. The van der Waals surface area contributed by atoms with E-state index in [4.69, 9.17) is 16.6 Å². The first-order chi connectivity index (χ1) is 18.0. The molecule has 0 unspecified atom stereocenters. The Labute approximate surface area is 220 Å². The van der Waals surface area contributed by atoms with Gasteiger partial charge in [-0.15, -0.1) is 0 Å². The second-order valence-electron chi connectivity index (χ2n) is 8.93. The molecule has 0 aliphatic carbocycles. The Balaban J connectivity index is 1.53. The van der Waals surface area contributed by atoms with Gasteiger partial charge in [-0.05, 0) is 48.4 Å². The van der Waals surface area contributed by atoms with Crippen LogP contribution >= 0.6 is 11.6 Å². The van der Waals surface area contributed by atoms with Crippen molar-refractivity contribution in [3.63, 3.8) is 0 Å². The summed E-state index contributed by atoms with van der Waals surface area (Å²) < 4.78 is 3.69. The maximum atomic E-state index is 13.2. The maximum absolute atomic E-state index is 13.2. The van der Waals surface area contributed by atoms with Gasteiger partial charge in [0, 0.05) is 40.6 Å². The smallest absolute Gasteiger partial charge is 0.259 e.